The van der Waals surface area contributed by atoms with Crippen LogP contribution in [0.2, 0.25) is 0 Å². The van der Waals surface area contributed by atoms with Crippen LogP contribution in [0.5, 0.6) is 0 Å². The number of amides is 1. The number of fused-ring (bicyclic) bond motifs is 2. The van der Waals surface area contributed by atoms with Crippen LogP contribution >= 0.6 is 0 Å². The van der Waals surface area contributed by atoms with Crippen molar-refractivity contribution in [2.75, 3.05) is 5.32 Å². The predicted molar refractivity (Wildman–Crippen MR) is 117 cm³/mol. The first-order valence-electron chi connectivity index (χ1n) is 10.2. The molecule has 1 unspecified atom stereocenters. The molecule has 8 heteroatoms. The van der Waals surface area contributed by atoms with Gasteiger partial charge in [-0.3, -0.25) is 4.79 Å². The Balaban J connectivity index is 1.59. The van der Waals surface area contributed by atoms with Crippen molar-refractivity contribution in [3.05, 3.63) is 77.1 Å². The van der Waals surface area contributed by atoms with E-state index >= 15 is 0 Å². The summed E-state index contributed by atoms with van der Waals surface area (Å²) in [5, 5.41) is 8.58. The first-order chi connectivity index (χ1) is 15.1. The highest BCUT2D eigenvalue weighted by atomic mass is 16.5. The molecule has 0 spiro atoms. The van der Waals surface area contributed by atoms with Crippen LogP contribution in [0, 0.1) is 0 Å². The Bertz CT molecular complexity index is 1270. The summed E-state index contributed by atoms with van der Waals surface area (Å²) in [4.78, 5) is 21.3. The molecule has 156 valence electrons. The van der Waals surface area contributed by atoms with Crippen LogP contribution in [0.3, 0.4) is 0 Å². The van der Waals surface area contributed by atoms with Gasteiger partial charge in [-0.05, 0) is 24.6 Å². The first kappa shape index (κ1) is 19.2. The van der Waals surface area contributed by atoms with E-state index in [2.05, 4.69) is 22.5 Å². The molecule has 8 nitrogen and oxygen atoms in total. The summed E-state index contributed by atoms with van der Waals surface area (Å²) < 4.78 is 7.46. The highest BCUT2D eigenvalue weighted by molar-refractivity contribution is 6.05. The molecule has 3 heterocycles. The van der Waals surface area contributed by atoms with Gasteiger partial charge < -0.3 is 15.8 Å². The lowest BCUT2D eigenvalue weighted by Crippen LogP contribution is -2.24. The largest absolute Gasteiger partial charge is 0.372 e. The maximum absolute atomic E-state index is 11.8. The molecule has 0 fully saturated rings. The van der Waals surface area contributed by atoms with Gasteiger partial charge in [0, 0.05) is 23.9 Å². The Hall–Kier alpha value is -3.78. The van der Waals surface area contributed by atoms with Crippen LogP contribution in [0.15, 0.2) is 54.7 Å². The van der Waals surface area contributed by atoms with Gasteiger partial charge in [-0.15, -0.1) is 0 Å². The Kier molecular flexibility index (Phi) is 4.83. The number of benzene rings is 2. The number of nitrogens with one attached hydrogen (secondary N) is 1. The van der Waals surface area contributed by atoms with Crippen LogP contribution in [0.1, 0.15) is 34.1 Å². The Morgan fingerprint density at radius 1 is 1.19 bits per heavy atom. The van der Waals surface area contributed by atoms with Gasteiger partial charge >= 0.3 is 0 Å². The molecule has 1 amide bonds. The minimum Gasteiger partial charge on any atom is -0.372 e. The van der Waals surface area contributed by atoms with E-state index in [9.17, 15) is 4.79 Å². The molecule has 5 rings (SSSR count). The molecular weight excluding hydrogens is 392 g/mol. The molecule has 2 aromatic heterocycles. The van der Waals surface area contributed by atoms with Gasteiger partial charge in [-0.2, -0.15) is 14.8 Å². The van der Waals surface area contributed by atoms with Crippen molar-refractivity contribution in [1.29, 1.82) is 0 Å². The third-order valence-corrected chi connectivity index (χ3v) is 5.45. The van der Waals surface area contributed by atoms with Crippen molar-refractivity contribution in [3.8, 4) is 5.95 Å². The van der Waals surface area contributed by atoms with E-state index in [-0.39, 0.29) is 6.10 Å². The van der Waals surface area contributed by atoms with Gasteiger partial charge in [0.2, 0.25) is 5.91 Å². The summed E-state index contributed by atoms with van der Waals surface area (Å²) in [5.74, 6) is 0.696. The Morgan fingerprint density at radius 2 is 2.03 bits per heavy atom. The van der Waals surface area contributed by atoms with E-state index in [1.54, 1.807) is 23.0 Å². The van der Waals surface area contributed by atoms with Crippen LogP contribution in [0.4, 0.5) is 5.82 Å². The van der Waals surface area contributed by atoms with Crippen LogP contribution in [0.25, 0.3) is 16.9 Å². The average molecular weight is 414 g/mol. The lowest BCUT2D eigenvalue weighted by molar-refractivity contribution is 0.0384. The average Bonchev–Trinajstić information content (AvgIpc) is 3.22. The molecule has 2 aromatic carbocycles. The molecule has 1 atom stereocenters. The maximum Gasteiger partial charge on any atom is 0.253 e. The van der Waals surface area contributed by atoms with Crippen LogP contribution in [-0.4, -0.2) is 31.8 Å². The Labute approximate surface area is 179 Å². The normalized spacial score (nSPS) is 15.6. The van der Waals surface area contributed by atoms with Crippen LogP contribution < -0.4 is 11.1 Å². The fourth-order valence-corrected chi connectivity index (χ4v) is 3.87. The second kappa shape index (κ2) is 7.81. The van der Waals surface area contributed by atoms with E-state index < -0.39 is 5.91 Å². The number of hydrogen-bond acceptors (Lipinski definition) is 6. The van der Waals surface area contributed by atoms with Crippen LogP contribution in [-0.2, 0) is 24.3 Å². The predicted octanol–water partition coefficient (Wildman–Crippen LogP) is 2.99. The minimum atomic E-state index is -0.496. The quantitative estimate of drug-likeness (QED) is 0.520. The monoisotopic (exact) mass is 414 g/mol. The standard InChI is InChI=1S/C23H22N6O2/c1-14-10-17-19(13-31-14)27-23(28-22(17)25-11-15-6-3-2-4-7-15)29-20-9-5-8-16(21(24)30)18(20)12-26-29/h2-9,12,14H,10-11,13H2,1H3,(H2,24,30)(H,25,27,28). The van der Waals surface area contributed by atoms with Gasteiger partial charge in [0.1, 0.15) is 5.82 Å². The number of nitrogens with two attached hydrogens (primary N) is 1. The summed E-state index contributed by atoms with van der Waals surface area (Å²) >= 11 is 0. The zero-order chi connectivity index (χ0) is 21.4. The molecule has 31 heavy (non-hydrogen) atoms. The van der Waals surface area contributed by atoms with E-state index in [0.29, 0.717) is 30.0 Å². The number of ether oxygens (including phenoxy) is 1. The molecule has 0 bridgehead atoms. The molecule has 0 saturated carbocycles. The van der Waals surface area contributed by atoms with Crippen molar-refractivity contribution < 1.29 is 9.53 Å². The SMILES string of the molecule is CC1Cc2c(nc(-n3ncc4c(C(N)=O)cccc43)nc2NCc2ccccc2)CO1. The number of rotatable bonds is 5. The molecule has 0 saturated heterocycles. The molecule has 3 N–H and O–H groups in total. The third kappa shape index (κ3) is 3.62. The number of nitrogens with zero attached hydrogens (tertiary/aromatic N) is 4. The number of hydrogen-bond donors (Lipinski definition) is 2. The first-order valence-corrected chi connectivity index (χ1v) is 10.2. The van der Waals surface area contributed by atoms with Crippen molar-refractivity contribution >= 4 is 22.6 Å². The summed E-state index contributed by atoms with van der Waals surface area (Å²) in [6.45, 7) is 3.10. The topological polar surface area (TPSA) is 108 Å². The highest BCUT2D eigenvalue weighted by Crippen LogP contribution is 2.28. The van der Waals surface area contributed by atoms with E-state index in [4.69, 9.17) is 20.4 Å². The number of anilines is 1. The van der Waals surface area contributed by atoms with Crippen molar-refractivity contribution in [3.63, 3.8) is 0 Å². The number of aromatic nitrogens is 4. The van der Waals surface area contributed by atoms with Gasteiger partial charge in [-0.25, -0.2) is 4.98 Å². The molecule has 0 radical (unpaired) electrons. The van der Waals surface area contributed by atoms with Gasteiger partial charge in [0.15, 0.2) is 0 Å². The smallest absolute Gasteiger partial charge is 0.253 e. The van der Waals surface area contributed by atoms with Gasteiger partial charge in [-0.1, -0.05) is 36.4 Å². The third-order valence-electron chi connectivity index (χ3n) is 5.45. The maximum atomic E-state index is 11.8. The second-order valence-electron chi connectivity index (χ2n) is 7.62. The van der Waals surface area contributed by atoms with Crippen molar-refractivity contribution in [2.24, 2.45) is 5.73 Å². The molecule has 1 aliphatic rings. The molecule has 4 aromatic rings. The second-order valence-corrected chi connectivity index (χ2v) is 7.62. The fourth-order valence-electron chi connectivity index (χ4n) is 3.87. The van der Waals surface area contributed by atoms with Crippen molar-refractivity contribution in [2.45, 2.75) is 32.6 Å². The highest BCUT2D eigenvalue weighted by Gasteiger charge is 2.24. The molecular formula is C23H22N6O2. The van der Waals surface area contributed by atoms with E-state index in [0.717, 1.165) is 34.6 Å². The lowest BCUT2D eigenvalue weighted by Gasteiger charge is -2.24. The minimum absolute atomic E-state index is 0.0999. The Morgan fingerprint density at radius 3 is 2.84 bits per heavy atom. The van der Waals surface area contributed by atoms with Crippen molar-refractivity contribution in [1.82, 2.24) is 19.7 Å². The zero-order valence-electron chi connectivity index (χ0n) is 17.1. The lowest BCUT2D eigenvalue weighted by atomic mass is 10.0. The van der Waals surface area contributed by atoms with Gasteiger partial charge in [0.25, 0.3) is 5.95 Å². The fraction of sp³-hybridized carbons (Fsp3) is 0.217. The van der Waals surface area contributed by atoms with Gasteiger partial charge in [0.05, 0.1) is 35.7 Å². The summed E-state index contributed by atoms with van der Waals surface area (Å²) in [6, 6.07) is 15.5. The zero-order valence-corrected chi connectivity index (χ0v) is 17.1. The van der Waals surface area contributed by atoms with E-state index in [1.807, 2.05) is 31.2 Å². The number of carbonyl (C=O) groups excluding carboxylic acids is 1. The molecule has 0 aliphatic carbocycles. The summed E-state index contributed by atoms with van der Waals surface area (Å²) in [6.07, 6.45) is 2.45. The summed E-state index contributed by atoms with van der Waals surface area (Å²) in [7, 11) is 0. The summed E-state index contributed by atoms with van der Waals surface area (Å²) in [5.41, 5.74) is 9.72. The van der Waals surface area contributed by atoms with E-state index in [1.165, 1.54) is 0 Å². The molecule has 1 aliphatic heterocycles. The number of primary amides is 1. The number of carbonyl (C=O) groups is 1.